The van der Waals surface area contributed by atoms with Gasteiger partial charge in [-0.1, -0.05) is 18.2 Å². The second-order valence-electron chi connectivity index (χ2n) is 3.31. The minimum atomic E-state index is -0.587. The molecule has 0 aliphatic rings. The van der Waals surface area contributed by atoms with Crippen LogP contribution in [-0.2, 0) is 9.53 Å². The first-order valence-corrected chi connectivity index (χ1v) is 5.78. The summed E-state index contributed by atoms with van der Waals surface area (Å²) in [6, 6.07) is 8.47. The van der Waals surface area contributed by atoms with Crippen molar-refractivity contribution in [2.75, 3.05) is 5.75 Å². The zero-order chi connectivity index (χ0) is 11.8. The maximum absolute atomic E-state index is 11.4. The molecule has 0 saturated carbocycles. The maximum Gasteiger partial charge on any atom is 0.345 e. The number of ether oxygens (including phenoxy) is 1. The van der Waals surface area contributed by atoms with Gasteiger partial charge < -0.3 is 4.74 Å². The molecule has 0 unspecified atom stereocenters. The summed E-state index contributed by atoms with van der Waals surface area (Å²) in [7, 11) is 0. The molecule has 1 aromatic rings. The first-order chi connectivity index (χ1) is 7.74. The fourth-order valence-corrected chi connectivity index (χ4v) is 1.39. The van der Waals surface area contributed by atoms with Gasteiger partial charge in [0.1, 0.15) is 0 Å². The first kappa shape index (κ1) is 12.8. The third-order valence-corrected chi connectivity index (χ3v) is 2.32. The van der Waals surface area contributed by atoms with Gasteiger partial charge in [-0.25, -0.2) is 4.79 Å². The molecule has 0 N–H and O–H groups in total. The van der Waals surface area contributed by atoms with Crippen LogP contribution in [0.2, 0.25) is 0 Å². The molecule has 0 spiro atoms. The standard InChI is InChI=1S/C12H14O3S/c13-11(8-4-5-9-16)15-12(14)10-6-2-1-3-7-10/h1-3,6-7,16H,4-5,8-9H2. The molecule has 1 aromatic carbocycles. The predicted molar refractivity (Wildman–Crippen MR) is 64.6 cm³/mol. The van der Waals surface area contributed by atoms with Gasteiger partial charge in [0.25, 0.3) is 0 Å². The van der Waals surface area contributed by atoms with Crippen LogP contribution in [0.5, 0.6) is 0 Å². The predicted octanol–water partition coefficient (Wildman–Crippen LogP) is 2.47. The zero-order valence-electron chi connectivity index (χ0n) is 8.89. The lowest BCUT2D eigenvalue weighted by atomic mass is 10.2. The van der Waals surface area contributed by atoms with Gasteiger partial charge in [0.2, 0.25) is 0 Å². The number of thiol groups is 1. The van der Waals surface area contributed by atoms with E-state index >= 15 is 0 Å². The van der Waals surface area contributed by atoms with E-state index in [2.05, 4.69) is 17.4 Å². The van der Waals surface area contributed by atoms with Crippen molar-refractivity contribution in [2.45, 2.75) is 19.3 Å². The molecule has 0 saturated heterocycles. The number of carbonyl (C=O) groups is 2. The SMILES string of the molecule is O=C(CCCCS)OC(=O)c1ccccc1. The van der Waals surface area contributed by atoms with Crippen molar-refractivity contribution in [2.24, 2.45) is 0 Å². The van der Waals surface area contributed by atoms with E-state index in [1.54, 1.807) is 30.3 Å². The molecule has 16 heavy (non-hydrogen) atoms. The topological polar surface area (TPSA) is 43.4 Å². The fourth-order valence-electron chi connectivity index (χ4n) is 1.17. The molecule has 0 bridgehead atoms. The lowest BCUT2D eigenvalue weighted by molar-refractivity contribution is -0.138. The van der Waals surface area contributed by atoms with E-state index in [-0.39, 0.29) is 6.42 Å². The molecule has 0 fully saturated rings. The summed E-state index contributed by atoms with van der Waals surface area (Å²) in [6.45, 7) is 0. The highest BCUT2D eigenvalue weighted by Gasteiger charge is 2.11. The van der Waals surface area contributed by atoms with Crippen LogP contribution in [0.15, 0.2) is 30.3 Å². The third-order valence-electron chi connectivity index (χ3n) is 2.01. The zero-order valence-corrected chi connectivity index (χ0v) is 9.78. The molecule has 0 aromatic heterocycles. The number of benzene rings is 1. The Morgan fingerprint density at radius 1 is 1.12 bits per heavy atom. The molecule has 1 rings (SSSR count). The average molecular weight is 238 g/mol. The van der Waals surface area contributed by atoms with E-state index in [4.69, 9.17) is 0 Å². The van der Waals surface area contributed by atoms with Crippen LogP contribution < -0.4 is 0 Å². The van der Waals surface area contributed by atoms with E-state index in [0.29, 0.717) is 12.0 Å². The van der Waals surface area contributed by atoms with Gasteiger partial charge in [-0.05, 0) is 30.7 Å². The van der Waals surface area contributed by atoms with Crippen molar-refractivity contribution in [3.63, 3.8) is 0 Å². The highest BCUT2D eigenvalue weighted by Crippen LogP contribution is 2.04. The Morgan fingerprint density at radius 2 is 1.81 bits per heavy atom. The summed E-state index contributed by atoms with van der Waals surface area (Å²) >= 11 is 4.03. The number of rotatable bonds is 5. The number of hydrogen-bond acceptors (Lipinski definition) is 4. The van der Waals surface area contributed by atoms with Crippen LogP contribution >= 0.6 is 12.6 Å². The smallest absolute Gasteiger partial charge is 0.345 e. The minimum Gasteiger partial charge on any atom is -0.389 e. The molecular formula is C12H14O3S. The molecule has 0 aliphatic heterocycles. The molecular weight excluding hydrogens is 224 g/mol. The lowest BCUT2D eigenvalue weighted by Crippen LogP contribution is -2.12. The average Bonchev–Trinajstić information content (AvgIpc) is 2.30. The summed E-state index contributed by atoms with van der Waals surface area (Å²) in [4.78, 5) is 22.7. The minimum absolute atomic E-state index is 0.263. The number of unbranched alkanes of at least 4 members (excludes halogenated alkanes) is 1. The second kappa shape index (κ2) is 7.06. The van der Waals surface area contributed by atoms with Gasteiger partial charge >= 0.3 is 11.9 Å². The van der Waals surface area contributed by atoms with E-state index in [9.17, 15) is 9.59 Å². The highest BCUT2D eigenvalue weighted by molar-refractivity contribution is 7.80. The van der Waals surface area contributed by atoms with Crippen LogP contribution in [0.4, 0.5) is 0 Å². The quantitative estimate of drug-likeness (QED) is 0.371. The van der Waals surface area contributed by atoms with Crippen molar-refractivity contribution in [3.8, 4) is 0 Å². The monoisotopic (exact) mass is 238 g/mol. The Labute approximate surface area is 100 Å². The summed E-state index contributed by atoms with van der Waals surface area (Å²) in [5, 5.41) is 0. The van der Waals surface area contributed by atoms with Gasteiger partial charge in [0.05, 0.1) is 5.56 Å². The summed E-state index contributed by atoms with van der Waals surface area (Å²) in [6.07, 6.45) is 1.81. The fraction of sp³-hybridized carbons (Fsp3) is 0.333. The summed E-state index contributed by atoms with van der Waals surface area (Å²) in [5.41, 5.74) is 0.394. The van der Waals surface area contributed by atoms with Crippen molar-refractivity contribution >= 4 is 24.6 Å². The Kier molecular flexibility index (Phi) is 5.64. The van der Waals surface area contributed by atoms with Crippen LogP contribution in [0.25, 0.3) is 0 Å². The van der Waals surface area contributed by atoms with Gasteiger partial charge in [-0.15, -0.1) is 0 Å². The first-order valence-electron chi connectivity index (χ1n) is 5.15. The number of carbonyl (C=O) groups excluding carboxylic acids is 2. The van der Waals surface area contributed by atoms with Crippen LogP contribution in [-0.4, -0.2) is 17.7 Å². The van der Waals surface area contributed by atoms with E-state index in [1.807, 2.05) is 0 Å². The van der Waals surface area contributed by atoms with Crippen molar-refractivity contribution in [1.82, 2.24) is 0 Å². The molecule has 0 atom stereocenters. The van der Waals surface area contributed by atoms with E-state index in [1.165, 1.54) is 0 Å². The van der Waals surface area contributed by atoms with Gasteiger partial charge in [-0.3, -0.25) is 4.79 Å². The molecule has 0 amide bonds. The molecule has 0 radical (unpaired) electrons. The van der Waals surface area contributed by atoms with Crippen molar-refractivity contribution in [1.29, 1.82) is 0 Å². The summed E-state index contributed by atoms with van der Waals surface area (Å²) < 4.78 is 4.68. The van der Waals surface area contributed by atoms with E-state index < -0.39 is 11.9 Å². The Bertz CT molecular complexity index is 349. The third kappa shape index (κ3) is 4.49. The molecule has 3 nitrogen and oxygen atoms in total. The highest BCUT2D eigenvalue weighted by atomic mass is 32.1. The van der Waals surface area contributed by atoms with Crippen molar-refractivity contribution < 1.29 is 14.3 Å². The molecule has 4 heteroatoms. The van der Waals surface area contributed by atoms with Crippen molar-refractivity contribution in [3.05, 3.63) is 35.9 Å². The largest absolute Gasteiger partial charge is 0.389 e. The van der Waals surface area contributed by atoms with Crippen LogP contribution in [0.1, 0.15) is 29.6 Å². The number of hydrogen-bond donors (Lipinski definition) is 1. The number of esters is 2. The molecule has 0 aliphatic carbocycles. The second-order valence-corrected chi connectivity index (χ2v) is 3.76. The van der Waals surface area contributed by atoms with Gasteiger partial charge in [-0.2, -0.15) is 12.6 Å². The molecule has 86 valence electrons. The maximum atomic E-state index is 11.4. The lowest BCUT2D eigenvalue weighted by Gasteiger charge is -2.02. The Morgan fingerprint density at radius 3 is 2.44 bits per heavy atom. The van der Waals surface area contributed by atoms with Crippen LogP contribution in [0.3, 0.4) is 0 Å². The Hall–Kier alpha value is -1.29. The summed E-state index contributed by atoms with van der Waals surface area (Å²) in [5.74, 6) is -0.327. The Balaban J connectivity index is 2.37. The van der Waals surface area contributed by atoms with Gasteiger partial charge in [0, 0.05) is 6.42 Å². The normalized spacial score (nSPS) is 9.81. The van der Waals surface area contributed by atoms with E-state index in [0.717, 1.165) is 12.2 Å². The molecule has 0 heterocycles. The van der Waals surface area contributed by atoms with Gasteiger partial charge in [0.15, 0.2) is 0 Å². The van der Waals surface area contributed by atoms with Crippen LogP contribution in [0, 0.1) is 0 Å².